The molecular weight excluding hydrogens is 310 g/mol. The van der Waals surface area contributed by atoms with Crippen LogP contribution in [-0.2, 0) is 0 Å². The molecular formula is C21H23N3O. The minimum absolute atomic E-state index is 0.282. The molecule has 1 heterocycles. The highest BCUT2D eigenvalue weighted by molar-refractivity contribution is 5.94. The lowest BCUT2D eigenvalue weighted by molar-refractivity contribution is 0.411. The van der Waals surface area contributed by atoms with Gasteiger partial charge >= 0.3 is 0 Å². The average Bonchev–Trinajstić information content (AvgIpc) is 2.64. The Bertz CT molecular complexity index is 868. The molecule has 0 amide bonds. The zero-order valence-corrected chi connectivity index (χ0v) is 14.2. The summed E-state index contributed by atoms with van der Waals surface area (Å²) in [7, 11) is 0. The number of benzene rings is 2. The highest BCUT2D eigenvalue weighted by Crippen LogP contribution is 2.30. The Morgan fingerprint density at radius 3 is 2.40 bits per heavy atom. The SMILES string of the molecule is N[C@H]1CC[C@H](Nc2ccnc3ccc(-c4ccc(O)cc4)cc23)CC1. The zero-order valence-electron chi connectivity index (χ0n) is 14.2. The molecule has 1 aliphatic rings. The highest BCUT2D eigenvalue weighted by Gasteiger charge is 2.19. The summed E-state index contributed by atoms with van der Waals surface area (Å²) in [6.45, 7) is 0. The highest BCUT2D eigenvalue weighted by atomic mass is 16.3. The summed E-state index contributed by atoms with van der Waals surface area (Å²) >= 11 is 0. The predicted octanol–water partition coefficient (Wildman–Crippen LogP) is 4.29. The maximum atomic E-state index is 9.49. The lowest BCUT2D eigenvalue weighted by Crippen LogP contribution is -2.32. The van der Waals surface area contributed by atoms with Gasteiger partial charge in [0, 0.05) is 29.4 Å². The van der Waals surface area contributed by atoms with E-state index in [1.807, 2.05) is 18.3 Å². The Kier molecular flexibility index (Phi) is 4.28. The number of nitrogens with zero attached hydrogens (tertiary/aromatic N) is 1. The van der Waals surface area contributed by atoms with Crippen LogP contribution in [-0.4, -0.2) is 22.2 Å². The van der Waals surface area contributed by atoms with Crippen molar-refractivity contribution in [3.8, 4) is 16.9 Å². The van der Waals surface area contributed by atoms with Crippen LogP contribution < -0.4 is 11.1 Å². The van der Waals surface area contributed by atoms with Crippen molar-refractivity contribution in [1.82, 2.24) is 4.98 Å². The smallest absolute Gasteiger partial charge is 0.115 e. The normalized spacial score (nSPS) is 20.5. The van der Waals surface area contributed by atoms with E-state index in [-0.39, 0.29) is 5.75 Å². The van der Waals surface area contributed by atoms with Gasteiger partial charge in [0.15, 0.2) is 0 Å². The van der Waals surface area contributed by atoms with Crippen LogP contribution in [0.3, 0.4) is 0 Å². The second-order valence-corrected chi connectivity index (χ2v) is 6.89. The van der Waals surface area contributed by atoms with Crippen LogP contribution in [0.1, 0.15) is 25.7 Å². The minimum atomic E-state index is 0.282. The summed E-state index contributed by atoms with van der Waals surface area (Å²) in [6, 6.07) is 16.5. The fraction of sp³-hybridized carbons (Fsp3) is 0.286. The summed E-state index contributed by atoms with van der Waals surface area (Å²) in [5.74, 6) is 0.282. The molecule has 4 rings (SSSR count). The minimum Gasteiger partial charge on any atom is -0.508 e. The maximum Gasteiger partial charge on any atom is 0.115 e. The Labute approximate surface area is 147 Å². The van der Waals surface area contributed by atoms with Gasteiger partial charge in [0.25, 0.3) is 0 Å². The van der Waals surface area contributed by atoms with Crippen LogP contribution in [0, 0.1) is 0 Å². The van der Waals surface area contributed by atoms with Gasteiger partial charge in [-0.2, -0.15) is 0 Å². The van der Waals surface area contributed by atoms with Crippen molar-refractivity contribution in [2.45, 2.75) is 37.8 Å². The van der Waals surface area contributed by atoms with E-state index in [9.17, 15) is 5.11 Å². The second kappa shape index (κ2) is 6.73. The Morgan fingerprint density at radius 1 is 0.920 bits per heavy atom. The molecule has 1 saturated carbocycles. The quantitative estimate of drug-likeness (QED) is 0.669. The van der Waals surface area contributed by atoms with Crippen molar-refractivity contribution in [3.05, 3.63) is 54.7 Å². The molecule has 4 heteroatoms. The molecule has 128 valence electrons. The second-order valence-electron chi connectivity index (χ2n) is 6.89. The number of nitrogens with two attached hydrogens (primary N) is 1. The van der Waals surface area contributed by atoms with Crippen LogP contribution in [0.25, 0.3) is 22.0 Å². The average molecular weight is 333 g/mol. The van der Waals surface area contributed by atoms with E-state index in [4.69, 9.17) is 5.73 Å². The summed E-state index contributed by atoms with van der Waals surface area (Å²) in [6.07, 6.45) is 6.25. The number of anilines is 1. The van der Waals surface area contributed by atoms with Gasteiger partial charge < -0.3 is 16.2 Å². The summed E-state index contributed by atoms with van der Waals surface area (Å²) in [5.41, 5.74) is 10.3. The first kappa shape index (κ1) is 15.9. The van der Waals surface area contributed by atoms with Gasteiger partial charge in [0.05, 0.1) is 5.52 Å². The molecule has 0 aliphatic heterocycles. The fourth-order valence-electron chi connectivity index (χ4n) is 3.59. The number of rotatable bonds is 3. The molecule has 0 saturated heterocycles. The molecule has 3 aromatic rings. The molecule has 0 bridgehead atoms. The maximum absolute atomic E-state index is 9.49. The molecule has 1 aromatic heterocycles. The molecule has 25 heavy (non-hydrogen) atoms. The molecule has 4 nitrogen and oxygen atoms in total. The summed E-state index contributed by atoms with van der Waals surface area (Å²) < 4.78 is 0. The van der Waals surface area contributed by atoms with Crippen molar-refractivity contribution >= 4 is 16.6 Å². The van der Waals surface area contributed by atoms with Crippen molar-refractivity contribution in [1.29, 1.82) is 0 Å². The van der Waals surface area contributed by atoms with E-state index in [0.29, 0.717) is 12.1 Å². The monoisotopic (exact) mass is 333 g/mol. The van der Waals surface area contributed by atoms with Gasteiger partial charge in [-0.3, -0.25) is 4.98 Å². The molecule has 4 N–H and O–H groups in total. The number of hydrogen-bond donors (Lipinski definition) is 3. The molecule has 1 fully saturated rings. The number of aromatic nitrogens is 1. The number of phenols is 1. The van der Waals surface area contributed by atoms with E-state index in [0.717, 1.165) is 53.4 Å². The first-order valence-electron chi connectivity index (χ1n) is 8.89. The molecule has 0 spiro atoms. The van der Waals surface area contributed by atoms with Gasteiger partial charge in [-0.25, -0.2) is 0 Å². The number of phenolic OH excluding ortho intramolecular Hbond substituents is 1. The molecule has 2 aromatic carbocycles. The van der Waals surface area contributed by atoms with Crippen LogP contribution in [0.4, 0.5) is 5.69 Å². The van der Waals surface area contributed by atoms with Crippen LogP contribution in [0.15, 0.2) is 54.7 Å². The molecule has 0 atom stereocenters. The van der Waals surface area contributed by atoms with Gasteiger partial charge in [0.1, 0.15) is 5.75 Å². The van der Waals surface area contributed by atoms with Crippen molar-refractivity contribution < 1.29 is 5.11 Å². The van der Waals surface area contributed by atoms with Crippen LogP contribution in [0.5, 0.6) is 5.75 Å². The van der Waals surface area contributed by atoms with Gasteiger partial charge in [-0.1, -0.05) is 18.2 Å². The van der Waals surface area contributed by atoms with Gasteiger partial charge in [0.2, 0.25) is 0 Å². The summed E-state index contributed by atoms with van der Waals surface area (Å²) in [4.78, 5) is 4.50. The third-order valence-corrected chi connectivity index (χ3v) is 5.07. The topological polar surface area (TPSA) is 71.2 Å². The lowest BCUT2D eigenvalue weighted by Gasteiger charge is -2.28. The number of fused-ring (bicyclic) bond motifs is 1. The van der Waals surface area contributed by atoms with Crippen LogP contribution >= 0.6 is 0 Å². The molecule has 0 unspecified atom stereocenters. The number of pyridine rings is 1. The standard InChI is InChI=1S/C21H23N3O/c22-16-4-6-17(7-5-16)24-21-11-12-23-20-10-3-15(13-19(20)21)14-1-8-18(25)9-2-14/h1-3,8-13,16-17,25H,4-7,22H2,(H,23,24)/t16-,17-. The van der Waals surface area contributed by atoms with E-state index < -0.39 is 0 Å². The molecule has 0 radical (unpaired) electrons. The Balaban J connectivity index is 1.67. The van der Waals surface area contributed by atoms with E-state index in [2.05, 4.69) is 34.6 Å². The third-order valence-electron chi connectivity index (χ3n) is 5.07. The van der Waals surface area contributed by atoms with Crippen molar-refractivity contribution in [2.24, 2.45) is 5.73 Å². The molecule has 1 aliphatic carbocycles. The van der Waals surface area contributed by atoms with Crippen LogP contribution in [0.2, 0.25) is 0 Å². The Hall–Kier alpha value is -2.59. The van der Waals surface area contributed by atoms with Gasteiger partial charge in [-0.15, -0.1) is 0 Å². The van der Waals surface area contributed by atoms with E-state index >= 15 is 0 Å². The number of hydrogen-bond acceptors (Lipinski definition) is 4. The summed E-state index contributed by atoms with van der Waals surface area (Å²) in [5, 5.41) is 14.3. The predicted molar refractivity (Wildman–Crippen MR) is 103 cm³/mol. The van der Waals surface area contributed by atoms with E-state index in [1.165, 1.54) is 0 Å². The first-order chi connectivity index (χ1) is 12.2. The fourth-order valence-corrected chi connectivity index (χ4v) is 3.59. The van der Waals surface area contributed by atoms with E-state index in [1.54, 1.807) is 12.1 Å². The van der Waals surface area contributed by atoms with Crippen molar-refractivity contribution in [3.63, 3.8) is 0 Å². The van der Waals surface area contributed by atoms with Gasteiger partial charge in [-0.05, 0) is 67.1 Å². The lowest BCUT2D eigenvalue weighted by atomic mass is 9.91. The number of nitrogens with one attached hydrogen (secondary N) is 1. The first-order valence-corrected chi connectivity index (χ1v) is 8.89. The zero-order chi connectivity index (χ0) is 17.2. The number of aromatic hydroxyl groups is 1. The Morgan fingerprint density at radius 2 is 1.64 bits per heavy atom. The largest absolute Gasteiger partial charge is 0.508 e. The third kappa shape index (κ3) is 3.44. The van der Waals surface area contributed by atoms with Crippen molar-refractivity contribution in [2.75, 3.05) is 5.32 Å².